The molecule has 0 radical (unpaired) electrons. The molecule has 0 aliphatic rings. The van der Waals surface area contributed by atoms with E-state index in [1.807, 2.05) is 0 Å². The van der Waals surface area contributed by atoms with Crippen molar-refractivity contribution in [3.63, 3.8) is 0 Å². The lowest BCUT2D eigenvalue weighted by Gasteiger charge is -2.17. The molecule has 78 valence electrons. The van der Waals surface area contributed by atoms with Crippen molar-refractivity contribution >= 4 is 11.6 Å². The molecule has 0 bridgehead atoms. The normalized spacial score (nSPS) is 15.1. The summed E-state index contributed by atoms with van der Waals surface area (Å²) >= 11 is 5.39. The monoisotopic (exact) mass is 219 g/mol. The highest BCUT2D eigenvalue weighted by Crippen LogP contribution is 2.20. The van der Waals surface area contributed by atoms with E-state index in [9.17, 15) is 14.6 Å². The average Bonchev–Trinajstić information content (AvgIpc) is 2.18. The fourth-order valence-electron chi connectivity index (χ4n) is 1.10. The standard InChI is InChI=1S/C9H11ClFNO2/c10-3-1-8(13)9(14)6-2-4-12-5-7(6)11/h2,4-5,8-9,13-14H,1,3H2. The third-order valence-electron chi connectivity index (χ3n) is 1.89. The highest BCUT2D eigenvalue weighted by molar-refractivity contribution is 6.17. The first-order valence-electron chi connectivity index (χ1n) is 4.18. The number of aromatic nitrogens is 1. The van der Waals surface area contributed by atoms with E-state index in [1.165, 1.54) is 12.3 Å². The number of pyridine rings is 1. The summed E-state index contributed by atoms with van der Waals surface area (Å²) in [6.45, 7) is 0. The van der Waals surface area contributed by atoms with Gasteiger partial charge in [-0.15, -0.1) is 11.6 Å². The van der Waals surface area contributed by atoms with Crippen LogP contribution >= 0.6 is 11.6 Å². The summed E-state index contributed by atoms with van der Waals surface area (Å²) in [7, 11) is 0. The molecule has 0 spiro atoms. The zero-order chi connectivity index (χ0) is 10.6. The third kappa shape index (κ3) is 2.64. The van der Waals surface area contributed by atoms with Crippen LogP contribution in [0.2, 0.25) is 0 Å². The molecule has 2 unspecified atom stereocenters. The molecule has 2 atom stereocenters. The van der Waals surface area contributed by atoms with E-state index in [2.05, 4.69) is 4.98 Å². The van der Waals surface area contributed by atoms with E-state index in [1.54, 1.807) is 0 Å². The Bertz CT molecular complexity index is 298. The molecule has 0 saturated carbocycles. The van der Waals surface area contributed by atoms with Gasteiger partial charge in [-0.25, -0.2) is 4.39 Å². The molecule has 0 saturated heterocycles. The van der Waals surface area contributed by atoms with Gasteiger partial charge in [0.2, 0.25) is 0 Å². The minimum Gasteiger partial charge on any atom is -0.390 e. The number of hydrogen-bond acceptors (Lipinski definition) is 3. The summed E-state index contributed by atoms with van der Waals surface area (Å²) in [6, 6.07) is 1.33. The summed E-state index contributed by atoms with van der Waals surface area (Å²) in [6.07, 6.45) is 0.257. The van der Waals surface area contributed by atoms with Crippen molar-refractivity contribution in [2.45, 2.75) is 18.6 Å². The van der Waals surface area contributed by atoms with Crippen molar-refractivity contribution in [1.29, 1.82) is 0 Å². The van der Waals surface area contributed by atoms with E-state index in [0.717, 1.165) is 6.20 Å². The van der Waals surface area contributed by atoms with Gasteiger partial charge in [-0.05, 0) is 12.5 Å². The highest BCUT2D eigenvalue weighted by Gasteiger charge is 2.20. The molecule has 14 heavy (non-hydrogen) atoms. The number of aliphatic hydroxyl groups is 2. The molecule has 0 aromatic carbocycles. The van der Waals surface area contributed by atoms with Crippen LogP contribution in [0.5, 0.6) is 0 Å². The summed E-state index contributed by atoms with van der Waals surface area (Å²) in [5.41, 5.74) is 0.0395. The molecule has 2 N–H and O–H groups in total. The van der Waals surface area contributed by atoms with E-state index in [-0.39, 0.29) is 17.9 Å². The summed E-state index contributed by atoms with van der Waals surface area (Å²) in [5.74, 6) is -0.418. The molecular weight excluding hydrogens is 209 g/mol. The summed E-state index contributed by atoms with van der Waals surface area (Å²) < 4.78 is 13.1. The Kier molecular flexibility index (Phi) is 4.25. The SMILES string of the molecule is OC(CCCl)C(O)c1ccncc1F. The molecule has 1 aromatic heterocycles. The maximum absolute atomic E-state index is 13.1. The Morgan fingerprint density at radius 2 is 2.21 bits per heavy atom. The summed E-state index contributed by atoms with van der Waals surface area (Å²) in [4.78, 5) is 3.54. The van der Waals surface area contributed by atoms with Crippen molar-refractivity contribution in [2.24, 2.45) is 0 Å². The van der Waals surface area contributed by atoms with Crippen LogP contribution in [0.25, 0.3) is 0 Å². The van der Waals surface area contributed by atoms with Crippen LogP contribution < -0.4 is 0 Å². The topological polar surface area (TPSA) is 53.4 Å². The first-order chi connectivity index (χ1) is 6.66. The molecular formula is C9H11ClFNO2. The van der Waals surface area contributed by atoms with Crippen molar-refractivity contribution < 1.29 is 14.6 Å². The zero-order valence-electron chi connectivity index (χ0n) is 7.40. The Hall–Kier alpha value is -0.710. The van der Waals surface area contributed by atoms with Crippen LogP contribution in [0, 0.1) is 5.82 Å². The smallest absolute Gasteiger partial charge is 0.147 e. The maximum atomic E-state index is 13.1. The van der Waals surface area contributed by atoms with Gasteiger partial charge in [0.15, 0.2) is 0 Å². The number of halogens is 2. The largest absolute Gasteiger partial charge is 0.390 e. The van der Waals surface area contributed by atoms with E-state index >= 15 is 0 Å². The van der Waals surface area contributed by atoms with Crippen molar-refractivity contribution in [3.05, 3.63) is 29.8 Å². The van der Waals surface area contributed by atoms with Crippen LogP contribution in [0.4, 0.5) is 4.39 Å². The number of aliphatic hydroxyl groups excluding tert-OH is 2. The quantitative estimate of drug-likeness (QED) is 0.750. The Balaban J connectivity index is 2.78. The molecule has 1 aromatic rings. The van der Waals surface area contributed by atoms with Gasteiger partial charge in [0.1, 0.15) is 11.9 Å². The maximum Gasteiger partial charge on any atom is 0.147 e. The highest BCUT2D eigenvalue weighted by atomic mass is 35.5. The van der Waals surface area contributed by atoms with Crippen molar-refractivity contribution in [3.8, 4) is 0 Å². The Labute approximate surface area is 86.2 Å². The molecule has 0 fully saturated rings. The van der Waals surface area contributed by atoms with Gasteiger partial charge >= 0.3 is 0 Å². The third-order valence-corrected chi connectivity index (χ3v) is 2.11. The Morgan fingerprint density at radius 1 is 1.50 bits per heavy atom. The fourth-order valence-corrected chi connectivity index (χ4v) is 1.33. The number of alkyl halides is 1. The molecule has 0 amide bonds. The lowest BCUT2D eigenvalue weighted by Crippen LogP contribution is -2.19. The molecule has 0 aliphatic carbocycles. The van der Waals surface area contributed by atoms with Crippen LogP contribution in [0.1, 0.15) is 18.1 Å². The summed E-state index contributed by atoms with van der Waals surface area (Å²) in [5, 5.41) is 18.9. The zero-order valence-corrected chi connectivity index (χ0v) is 8.15. The van der Waals surface area contributed by atoms with Gasteiger partial charge in [-0.3, -0.25) is 4.98 Å². The second kappa shape index (κ2) is 5.24. The van der Waals surface area contributed by atoms with Crippen molar-refractivity contribution in [1.82, 2.24) is 4.98 Å². The number of hydrogen-bond donors (Lipinski definition) is 2. The molecule has 3 nitrogen and oxygen atoms in total. The van der Waals surface area contributed by atoms with Gasteiger partial charge in [0.25, 0.3) is 0 Å². The molecule has 0 aliphatic heterocycles. The lowest BCUT2D eigenvalue weighted by molar-refractivity contribution is 0.0148. The molecule has 1 heterocycles. The average molecular weight is 220 g/mol. The lowest BCUT2D eigenvalue weighted by atomic mass is 10.0. The van der Waals surface area contributed by atoms with E-state index in [4.69, 9.17) is 11.6 Å². The van der Waals surface area contributed by atoms with Gasteiger partial charge in [-0.2, -0.15) is 0 Å². The predicted octanol–water partition coefficient (Wildman–Crippen LogP) is 1.24. The number of nitrogens with zero attached hydrogens (tertiary/aromatic N) is 1. The Morgan fingerprint density at radius 3 is 2.79 bits per heavy atom. The van der Waals surface area contributed by atoms with Gasteiger partial charge < -0.3 is 10.2 Å². The second-order valence-corrected chi connectivity index (χ2v) is 3.26. The van der Waals surface area contributed by atoms with E-state index in [0.29, 0.717) is 0 Å². The second-order valence-electron chi connectivity index (χ2n) is 2.89. The van der Waals surface area contributed by atoms with E-state index < -0.39 is 18.0 Å². The van der Waals surface area contributed by atoms with Gasteiger partial charge in [0, 0.05) is 17.6 Å². The fraction of sp³-hybridized carbons (Fsp3) is 0.444. The van der Waals surface area contributed by atoms with Crippen LogP contribution in [0.15, 0.2) is 18.5 Å². The van der Waals surface area contributed by atoms with Crippen LogP contribution in [-0.4, -0.2) is 27.2 Å². The van der Waals surface area contributed by atoms with Gasteiger partial charge in [0.05, 0.1) is 12.3 Å². The van der Waals surface area contributed by atoms with Crippen LogP contribution in [-0.2, 0) is 0 Å². The first kappa shape index (κ1) is 11.4. The number of rotatable bonds is 4. The first-order valence-corrected chi connectivity index (χ1v) is 4.71. The molecule has 5 heteroatoms. The van der Waals surface area contributed by atoms with Crippen molar-refractivity contribution in [2.75, 3.05) is 5.88 Å². The predicted molar refractivity (Wildman–Crippen MR) is 50.5 cm³/mol. The minimum atomic E-state index is -1.25. The minimum absolute atomic E-state index is 0.0395. The van der Waals surface area contributed by atoms with Crippen LogP contribution in [0.3, 0.4) is 0 Å². The molecule has 1 rings (SSSR count). The van der Waals surface area contributed by atoms with Gasteiger partial charge in [-0.1, -0.05) is 0 Å².